The first-order chi connectivity index (χ1) is 10.6. The quantitative estimate of drug-likeness (QED) is 0.355. The highest BCUT2D eigenvalue weighted by Gasteiger charge is 2.62. The molecule has 0 amide bonds. The van der Waals surface area contributed by atoms with Crippen LogP contribution < -0.4 is 0 Å². The normalized spacial score (nSPS) is 14.1. The van der Waals surface area contributed by atoms with Gasteiger partial charge in [0.1, 0.15) is 0 Å². The third-order valence-corrected chi connectivity index (χ3v) is 2.40. The van der Waals surface area contributed by atoms with Crippen molar-refractivity contribution < 1.29 is 46.8 Å². The summed E-state index contributed by atoms with van der Waals surface area (Å²) in [6.45, 7) is 0.794. The second-order valence-electron chi connectivity index (χ2n) is 4.22. The van der Waals surface area contributed by atoms with Crippen LogP contribution in [0.5, 0.6) is 0 Å². The topological polar surface area (TPSA) is 82.1 Å². The molecule has 0 saturated carbocycles. The van der Waals surface area contributed by atoms with Crippen LogP contribution in [0.2, 0.25) is 0 Å². The number of benzene rings is 1. The van der Waals surface area contributed by atoms with Crippen LogP contribution in [0.25, 0.3) is 0 Å². The lowest BCUT2D eigenvalue weighted by Gasteiger charge is -2.25. The first-order valence-corrected chi connectivity index (χ1v) is 6.23. The number of carbonyl (C=O) groups excluding carboxylic acids is 1. The Labute approximate surface area is 127 Å². The predicted octanol–water partition coefficient (Wildman–Crippen LogP) is 3.09. The molecule has 1 atom stereocenters. The van der Waals surface area contributed by atoms with Crippen molar-refractivity contribution in [1.82, 2.24) is 0 Å². The lowest BCUT2D eigenvalue weighted by molar-refractivity contribution is -0.519. The number of hydrogen-bond donors (Lipinski definition) is 1. The van der Waals surface area contributed by atoms with Gasteiger partial charge in [0, 0.05) is 0 Å². The molecule has 1 aromatic carbocycles. The molecule has 128 valence electrons. The molecular weight excluding hydrogens is 328 g/mol. The number of rotatable bonds is 7. The summed E-state index contributed by atoms with van der Waals surface area (Å²) in [6, 6.07) is -0.449. The Morgan fingerprint density at radius 3 is 2.30 bits per heavy atom. The standard InChI is InChI=1S/C13H12F4O6/c1-2-6-21-13(17,12(14,15)16)23-22-11(20)9-5-3-4-8(7-9)10(18)19/h3-5,7H,2,6H2,1H3,(H,18,19). The average molecular weight is 340 g/mol. The fourth-order valence-electron chi connectivity index (χ4n) is 1.31. The number of carbonyl (C=O) groups is 2. The second-order valence-corrected chi connectivity index (χ2v) is 4.22. The summed E-state index contributed by atoms with van der Waals surface area (Å²) in [6.07, 6.45) is -5.55. The van der Waals surface area contributed by atoms with E-state index in [-0.39, 0.29) is 12.0 Å². The van der Waals surface area contributed by atoms with Crippen LogP contribution in [0.4, 0.5) is 17.6 Å². The van der Waals surface area contributed by atoms with Gasteiger partial charge in [0.25, 0.3) is 0 Å². The van der Waals surface area contributed by atoms with E-state index < -0.39 is 36.3 Å². The zero-order valence-corrected chi connectivity index (χ0v) is 11.7. The number of aromatic carboxylic acids is 1. The van der Waals surface area contributed by atoms with Crippen molar-refractivity contribution in [3.63, 3.8) is 0 Å². The van der Waals surface area contributed by atoms with Crippen LogP contribution in [-0.2, 0) is 14.5 Å². The van der Waals surface area contributed by atoms with Gasteiger partial charge in [-0.1, -0.05) is 13.0 Å². The van der Waals surface area contributed by atoms with Gasteiger partial charge in [0.15, 0.2) is 0 Å². The molecule has 0 heterocycles. The van der Waals surface area contributed by atoms with E-state index in [9.17, 15) is 27.2 Å². The first kappa shape index (κ1) is 18.8. The van der Waals surface area contributed by atoms with Crippen LogP contribution in [0.3, 0.4) is 0 Å². The second kappa shape index (κ2) is 7.38. The van der Waals surface area contributed by atoms with Crippen LogP contribution in [0, 0.1) is 0 Å². The predicted molar refractivity (Wildman–Crippen MR) is 66.0 cm³/mol. The molecule has 1 N–H and O–H groups in total. The molecule has 1 unspecified atom stereocenters. The molecule has 1 rings (SSSR count). The van der Waals surface area contributed by atoms with Gasteiger partial charge in [-0.25, -0.2) is 9.59 Å². The van der Waals surface area contributed by atoms with Gasteiger partial charge in [-0.15, -0.1) is 4.89 Å². The molecule has 0 fully saturated rings. The summed E-state index contributed by atoms with van der Waals surface area (Å²) in [7, 11) is 0. The highest BCUT2D eigenvalue weighted by atomic mass is 19.4. The third-order valence-electron chi connectivity index (χ3n) is 2.40. The molecule has 0 aromatic heterocycles. The highest BCUT2D eigenvalue weighted by molar-refractivity contribution is 5.94. The van der Waals surface area contributed by atoms with Crippen molar-refractivity contribution in [1.29, 1.82) is 0 Å². The van der Waals surface area contributed by atoms with Crippen LogP contribution >= 0.6 is 0 Å². The molecular formula is C13H12F4O6. The molecule has 6 nitrogen and oxygen atoms in total. The van der Waals surface area contributed by atoms with Crippen molar-refractivity contribution in [2.45, 2.75) is 25.6 Å². The molecule has 1 aromatic rings. The van der Waals surface area contributed by atoms with Gasteiger partial charge in [-0.2, -0.15) is 17.6 Å². The van der Waals surface area contributed by atoms with Gasteiger partial charge in [0.2, 0.25) is 0 Å². The Morgan fingerprint density at radius 2 is 1.78 bits per heavy atom. The molecule has 10 heteroatoms. The van der Waals surface area contributed by atoms with Gasteiger partial charge < -0.3 is 9.84 Å². The Balaban J connectivity index is 2.83. The minimum Gasteiger partial charge on any atom is -0.478 e. The fraction of sp³-hybridized carbons (Fsp3) is 0.385. The van der Waals surface area contributed by atoms with Crippen molar-refractivity contribution in [3.8, 4) is 0 Å². The fourth-order valence-corrected chi connectivity index (χ4v) is 1.31. The van der Waals surface area contributed by atoms with E-state index in [1.54, 1.807) is 0 Å². The van der Waals surface area contributed by atoms with Gasteiger partial charge in [-0.05, 0) is 24.6 Å². The smallest absolute Gasteiger partial charge is 0.478 e. The largest absolute Gasteiger partial charge is 0.481 e. The Hall–Kier alpha value is -2.20. The lowest BCUT2D eigenvalue weighted by Crippen LogP contribution is -2.46. The number of ether oxygens (including phenoxy) is 1. The van der Waals surface area contributed by atoms with Crippen molar-refractivity contribution in [3.05, 3.63) is 35.4 Å². The van der Waals surface area contributed by atoms with E-state index in [1.165, 1.54) is 6.92 Å². The zero-order chi connectivity index (χ0) is 17.7. The Bertz CT molecular complexity index is 574. The number of halogens is 4. The maximum Gasteiger partial charge on any atom is 0.481 e. The highest BCUT2D eigenvalue weighted by Crippen LogP contribution is 2.36. The number of carboxylic acid groups (broad SMARTS) is 1. The third kappa shape index (κ3) is 4.89. The minimum absolute atomic E-state index is 0.0553. The molecule has 0 aliphatic rings. The molecule has 0 saturated heterocycles. The van der Waals surface area contributed by atoms with E-state index >= 15 is 0 Å². The monoisotopic (exact) mass is 340 g/mol. The summed E-state index contributed by atoms with van der Waals surface area (Å²) in [4.78, 5) is 29.6. The number of hydrogen-bond acceptors (Lipinski definition) is 5. The summed E-state index contributed by atoms with van der Waals surface area (Å²) >= 11 is 0. The average Bonchev–Trinajstić information content (AvgIpc) is 2.49. The van der Waals surface area contributed by atoms with Gasteiger partial charge in [-0.3, -0.25) is 4.89 Å². The van der Waals surface area contributed by atoms with E-state index in [4.69, 9.17) is 5.11 Å². The molecule has 0 aliphatic carbocycles. The summed E-state index contributed by atoms with van der Waals surface area (Å²) in [5.74, 6) is -2.89. The van der Waals surface area contributed by atoms with E-state index in [1.807, 2.05) is 0 Å². The molecule has 0 aliphatic heterocycles. The van der Waals surface area contributed by atoms with Crippen LogP contribution in [0.1, 0.15) is 34.1 Å². The number of carboxylic acids is 1. The Kier molecular flexibility index (Phi) is 6.05. The van der Waals surface area contributed by atoms with Gasteiger partial charge in [0.05, 0.1) is 17.7 Å². The van der Waals surface area contributed by atoms with E-state index in [0.29, 0.717) is 0 Å². The first-order valence-electron chi connectivity index (χ1n) is 6.23. The van der Waals surface area contributed by atoms with Crippen molar-refractivity contribution in [2.75, 3.05) is 6.61 Å². The van der Waals surface area contributed by atoms with Crippen LogP contribution in [0.15, 0.2) is 24.3 Å². The summed E-state index contributed by atoms with van der Waals surface area (Å²) in [5, 5.41) is 8.74. The molecule has 0 spiro atoms. The van der Waals surface area contributed by atoms with Crippen molar-refractivity contribution in [2.24, 2.45) is 0 Å². The van der Waals surface area contributed by atoms with Crippen molar-refractivity contribution >= 4 is 11.9 Å². The van der Waals surface area contributed by atoms with E-state index in [2.05, 4.69) is 14.5 Å². The maximum absolute atomic E-state index is 13.6. The molecule has 23 heavy (non-hydrogen) atoms. The molecule has 0 bridgehead atoms. The molecule has 0 radical (unpaired) electrons. The lowest BCUT2D eigenvalue weighted by atomic mass is 10.1. The Morgan fingerprint density at radius 1 is 1.17 bits per heavy atom. The summed E-state index contributed by atoms with van der Waals surface area (Å²) in [5.41, 5.74) is -0.756. The zero-order valence-electron chi connectivity index (χ0n) is 11.7. The minimum atomic E-state index is -5.61. The number of alkyl halides is 4. The SMILES string of the molecule is CCCOC(F)(OOC(=O)c1cccc(C(=O)O)c1)C(F)(F)F. The van der Waals surface area contributed by atoms with Gasteiger partial charge >= 0.3 is 24.2 Å². The maximum atomic E-state index is 13.6. The summed E-state index contributed by atoms with van der Waals surface area (Å²) < 4.78 is 55.2. The van der Waals surface area contributed by atoms with E-state index in [0.717, 1.165) is 24.3 Å². The van der Waals surface area contributed by atoms with Crippen LogP contribution in [-0.4, -0.2) is 35.9 Å².